The van der Waals surface area contributed by atoms with Crippen LogP contribution in [-0.2, 0) is 29.0 Å². The van der Waals surface area contributed by atoms with Crippen molar-refractivity contribution in [1.82, 2.24) is 10.2 Å². The minimum atomic E-state index is -0.726. The van der Waals surface area contributed by atoms with Crippen molar-refractivity contribution in [2.45, 2.75) is 51.7 Å². The Hall–Kier alpha value is -2.53. The first-order valence-electron chi connectivity index (χ1n) is 11.6. The summed E-state index contributed by atoms with van der Waals surface area (Å²) in [6.45, 7) is 4.16. The molecule has 2 unspecified atom stereocenters. The Kier molecular flexibility index (Phi) is 10.0. The Bertz CT molecular complexity index is 1150. The second kappa shape index (κ2) is 13.0. The Morgan fingerprint density at radius 2 is 1.54 bits per heavy atom. The van der Waals surface area contributed by atoms with Crippen LogP contribution in [0.5, 0.6) is 0 Å². The lowest BCUT2D eigenvalue weighted by Crippen LogP contribution is -2.52. The van der Waals surface area contributed by atoms with E-state index in [1.54, 1.807) is 23.1 Å². The van der Waals surface area contributed by atoms with Crippen LogP contribution in [0.1, 0.15) is 37.0 Å². The van der Waals surface area contributed by atoms with E-state index in [1.165, 1.54) is 0 Å². The summed E-state index contributed by atoms with van der Waals surface area (Å²) in [4.78, 5) is 28.9. The molecule has 2 amide bonds. The monoisotopic (exact) mass is 530 g/mol. The third-order valence-corrected chi connectivity index (χ3v) is 7.02. The number of halogens is 3. The Labute approximate surface area is 222 Å². The van der Waals surface area contributed by atoms with Crippen molar-refractivity contribution in [3.63, 3.8) is 0 Å². The number of rotatable bonds is 10. The van der Waals surface area contributed by atoms with E-state index in [0.717, 1.165) is 17.5 Å². The minimum Gasteiger partial charge on any atom is -0.352 e. The fraction of sp³-hybridized carbons (Fsp3) is 0.286. The third-order valence-electron chi connectivity index (χ3n) is 5.91. The Balaban J connectivity index is 2.00. The van der Waals surface area contributed by atoms with E-state index < -0.39 is 6.04 Å². The molecule has 3 rings (SSSR count). The molecule has 3 aromatic rings. The first-order valence-corrected chi connectivity index (χ1v) is 12.7. The first-order chi connectivity index (χ1) is 16.8. The quantitative estimate of drug-likeness (QED) is 0.315. The van der Waals surface area contributed by atoms with Crippen molar-refractivity contribution in [2.75, 3.05) is 0 Å². The van der Waals surface area contributed by atoms with Gasteiger partial charge < -0.3 is 10.2 Å². The molecule has 0 radical (unpaired) electrons. The van der Waals surface area contributed by atoms with Gasteiger partial charge in [-0.05, 0) is 48.2 Å². The van der Waals surface area contributed by atoms with Gasteiger partial charge in [-0.1, -0.05) is 96.3 Å². The molecule has 4 nitrogen and oxygen atoms in total. The third kappa shape index (κ3) is 7.73. The van der Waals surface area contributed by atoms with Crippen molar-refractivity contribution >= 4 is 46.6 Å². The van der Waals surface area contributed by atoms with Gasteiger partial charge in [0.05, 0.1) is 16.5 Å². The van der Waals surface area contributed by atoms with E-state index in [0.29, 0.717) is 27.1 Å². The second-order valence-corrected chi connectivity index (χ2v) is 9.78. The average Bonchev–Trinajstić information content (AvgIpc) is 2.85. The van der Waals surface area contributed by atoms with Crippen LogP contribution in [0.4, 0.5) is 0 Å². The van der Waals surface area contributed by atoms with Crippen LogP contribution in [-0.4, -0.2) is 28.8 Å². The van der Waals surface area contributed by atoms with Gasteiger partial charge in [0.2, 0.25) is 11.8 Å². The molecule has 0 spiro atoms. The zero-order chi connectivity index (χ0) is 25.4. The molecule has 0 fully saturated rings. The summed E-state index contributed by atoms with van der Waals surface area (Å²) in [6, 6.07) is 21.4. The van der Waals surface area contributed by atoms with Crippen LogP contribution < -0.4 is 5.32 Å². The molecule has 0 saturated heterocycles. The molecule has 7 heteroatoms. The summed E-state index contributed by atoms with van der Waals surface area (Å²) in [6.07, 6.45) is 1.23. The largest absolute Gasteiger partial charge is 0.352 e. The number of benzene rings is 3. The smallest absolute Gasteiger partial charge is 0.243 e. The highest BCUT2D eigenvalue weighted by atomic mass is 35.5. The Morgan fingerprint density at radius 1 is 0.857 bits per heavy atom. The van der Waals surface area contributed by atoms with Crippen molar-refractivity contribution in [2.24, 2.45) is 0 Å². The summed E-state index contributed by atoms with van der Waals surface area (Å²) in [7, 11) is 0. The average molecular weight is 532 g/mol. The SMILES string of the molecule is CCC(C)NC(=O)C(Cc1ccccc1)N(Cc1ccc(Cl)c(Cl)c1)C(=O)Cc1ccccc1Cl. The number of hydrogen-bond donors (Lipinski definition) is 1. The van der Waals surface area contributed by atoms with Gasteiger partial charge in [-0.15, -0.1) is 0 Å². The number of amides is 2. The summed E-state index contributed by atoms with van der Waals surface area (Å²) in [5.74, 6) is -0.403. The van der Waals surface area contributed by atoms with Gasteiger partial charge in [-0.3, -0.25) is 9.59 Å². The maximum absolute atomic E-state index is 13.7. The summed E-state index contributed by atoms with van der Waals surface area (Å²) in [5.41, 5.74) is 2.45. The zero-order valence-corrected chi connectivity index (χ0v) is 22.1. The van der Waals surface area contributed by atoms with Crippen LogP contribution in [0.3, 0.4) is 0 Å². The fourth-order valence-corrected chi connectivity index (χ4v) is 4.26. The molecule has 2 atom stereocenters. The predicted molar refractivity (Wildman–Crippen MR) is 144 cm³/mol. The standard InChI is InChI=1S/C28H29Cl3N2O2/c1-3-19(2)32-28(35)26(16-20-9-5-4-6-10-20)33(18-21-13-14-24(30)25(31)15-21)27(34)17-22-11-7-8-12-23(22)29/h4-15,19,26H,3,16-18H2,1-2H3,(H,32,35). The van der Waals surface area contributed by atoms with Crippen LogP contribution in [0.2, 0.25) is 15.1 Å². The predicted octanol–water partition coefficient (Wildman–Crippen LogP) is 6.74. The van der Waals surface area contributed by atoms with E-state index >= 15 is 0 Å². The molecule has 0 heterocycles. The maximum atomic E-state index is 13.7. The molecule has 0 saturated carbocycles. The van der Waals surface area contributed by atoms with E-state index in [9.17, 15) is 9.59 Å². The molecular formula is C28H29Cl3N2O2. The van der Waals surface area contributed by atoms with Crippen molar-refractivity contribution < 1.29 is 9.59 Å². The zero-order valence-electron chi connectivity index (χ0n) is 19.8. The second-order valence-electron chi connectivity index (χ2n) is 8.56. The molecule has 1 N–H and O–H groups in total. The molecule has 3 aromatic carbocycles. The van der Waals surface area contributed by atoms with Crippen molar-refractivity contribution in [3.8, 4) is 0 Å². The van der Waals surface area contributed by atoms with Gasteiger partial charge >= 0.3 is 0 Å². The molecule has 0 aliphatic heterocycles. The van der Waals surface area contributed by atoms with Gasteiger partial charge in [0.1, 0.15) is 6.04 Å². The van der Waals surface area contributed by atoms with Crippen LogP contribution in [0, 0.1) is 0 Å². The summed E-state index contributed by atoms with van der Waals surface area (Å²) < 4.78 is 0. The van der Waals surface area contributed by atoms with Crippen LogP contribution in [0.25, 0.3) is 0 Å². The number of hydrogen-bond acceptors (Lipinski definition) is 2. The first kappa shape index (κ1) is 27.1. The van der Waals surface area contributed by atoms with Crippen molar-refractivity contribution in [3.05, 3.63) is 105 Å². The molecule has 35 heavy (non-hydrogen) atoms. The summed E-state index contributed by atoms with van der Waals surface area (Å²) in [5, 5.41) is 4.40. The number of nitrogens with zero attached hydrogens (tertiary/aromatic N) is 1. The topological polar surface area (TPSA) is 49.4 Å². The number of carbonyl (C=O) groups excluding carboxylic acids is 2. The van der Waals surface area contributed by atoms with Crippen molar-refractivity contribution in [1.29, 1.82) is 0 Å². The van der Waals surface area contributed by atoms with Crippen LogP contribution in [0.15, 0.2) is 72.8 Å². The normalized spacial score (nSPS) is 12.6. The van der Waals surface area contributed by atoms with E-state index in [4.69, 9.17) is 34.8 Å². The lowest BCUT2D eigenvalue weighted by molar-refractivity contribution is -0.141. The van der Waals surface area contributed by atoms with Gasteiger partial charge in [0, 0.05) is 24.0 Å². The van der Waals surface area contributed by atoms with Gasteiger partial charge in [-0.25, -0.2) is 0 Å². The fourth-order valence-electron chi connectivity index (χ4n) is 3.74. The maximum Gasteiger partial charge on any atom is 0.243 e. The minimum absolute atomic E-state index is 0.0220. The lowest BCUT2D eigenvalue weighted by atomic mass is 10.0. The molecule has 0 bridgehead atoms. The highest BCUT2D eigenvalue weighted by molar-refractivity contribution is 6.42. The van der Waals surface area contributed by atoms with Gasteiger partial charge in [0.15, 0.2) is 0 Å². The van der Waals surface area contributed by atoms with Crippen LogP contribution >= 0.6 is 34.8 Å². The van der Waals surface area contributed by atoms with E-state index in [2.05, 4.69) is 5.32 Å². The molecular weight excluding hydrogens is 503 g/mol. The molecule has 184 valence electrons. The van der Waals surface area contributed by atoms with Gasteiger partial charge in [0.25, 0.3) is 0 Å². The number of nitrogens with one attached hydrogen (secondary N) is 1. The van der Waals surface area contributed by atoms with E-state index in [1.807, 2.05) is 68.4 Å². The van der Waals surface area contributed by atoms with Gasteiger partial charge in [-0.2, -0.15) is 0 Å². The highest BCUT2D eigenvalue weighted by Gasteiger charge is 2.31. The number of carbonyl (C=O) groups is 2. The van der Waals surface area contributed by atoms with E-state index in [-0.39, 0.29) is 30.8 Å². The highest BCUT2D eigenvalue weighted by Crippen LogP contribution is 2.25. The molecule has 0 aliphatic carbocycles. The lowest BCUT2D eigenvalue weighted by Gasteiger charge is -2.32. The Morgan fingerprint density at radius 3 is 2.20 bits per heavy atom. The molecule has 0 aromatic heterocycles. The molecule has 0 aliphatic rings. The summed E-state index contributed by atoms with van der Waals surface area (Å²) >= 11 is 18.7.